The molecule has 3 aromatic carbocycles. The number of benzene rings is 3. The van der Waals surface area contributed by atoms with Gasteiger partial charge in [-0.1, -0.05) is 47.5 Å². The van der Waals surface area contributed by atoms with Crippen LogP contribution < -0.4 is 20.3 Å². The average Bonchev–Trinajstić information content (AvgIpc) is 2.84. The van der Waals surface area contributed by atoms with Crippen molar-refractivity contribution in [3.05, 3.63) is 93.5 Å². The predicted octanol–water partition coefficient (Wildman–Crippen LogP) is 4.99. The number of hydrogen-bond donors (Lipinski definition) is 2. The van der Waals surface area contributed by atoms with Crippen molar-refractivity contribution in [3.63, 3.8) is 0 Å². The quantitative estimate of drug-likeness (QED) is 0.350. The molecule has 3 aromatic rings. The number of urea groups is 1. The highest BCUT2D eigenvalue weighted by molar-refractivity contribution is 6.39. The van der Waals surface area contributed by atoms with Crippen LogP contribution in [0.1, 0.15) is 11.1 Å². The summed E-state index contributed by atoms with van der Waals surface area (Å²) in [6.45, 7) is 1.44. The largest absolute Gasteiger partial charge is 0.483 e. The third-order valence-corrected chi connectivity index (χ3v) is 5.85. The standard InChI is InChI=1S/C26H19Cl2N3O5/c1-15-7-9-19(13-21(15)28)31-25(34)20(24(33)30-26(31)35)12-16-11-17(27)8-10-22(16)36-14-23(32)29-18-5-3-2-4-6-18/h2-13H,14H2,1H3,(H,29,32)(H,30,33,35)/b20-12+. The molecular weight excluding hydrogens is 505 g/mol. The van der Waals surface area contributed by atoms with E-state index in [2.05, 4.69) is 10.6 Å². The number of hydrogen-bond acceptors (Lipinski definition) is 5. The summed E-state index contributed by atoms with van der Waals surface area (Å²) in [5.41, 5.74) is 1.51. The van der Waals surface area contributed by atoms with Crippen LogP contribution in [0.2, 0.25) is 10.0 Å². The molecule has 10 heteroatoms. The molecule has 1 saturated heterocycles. The molecule has 1 aliphatic heterocycles. The third-order valence-electron chi connectivity index (χ3n) is 5.20. The van der Waals surface area contributed by atoms with Crippen molar-refractivity contribution in [1.82, 2.24) is 5.32 Å². The highest BCUT2D eigenvalue weighted by atomic mass is 35.5. The number of carbonyl (C=O) groups is 4. The van der Waals surface area contributed by atoms with Gasteiger partial charge in [-0.2, -0.15) is 0 Å². The van der Waals surface area contributed by atoms with Crippen LogP contribution in [0.15, 0.2) is 72.3 Å². The summed E-state index contributed by atoms with van der Waals surface area (Å²) in [5.74, 6) is -1.93. The zero-order chi connectivity index (χ0) is 25.8. The van der Waals surface area contributed by atoms with E-state index in [1.807, 2.05) is 6.07 Å². The van der Waals surface area contributed by atoms with Gasteiger partial charge in [-0.05, 0) is 61.0 Å². The number of carbonyl (C=O) groups excluding carboxylic acids is 4. The molecule has 0 saturated carbocycles. The van der Waals surface area contributed by atoms with Crippen molar-refractivity contribution in [1.29, 1.82) is 0 Å². The summed E-state index contributed by atoms with van der Waals surface area (Å²) in [6.07, 6.45) is 1.25. The highest BCUT2D eigenvalue weighted by Crippen LogP contribution is 2.29. The fraction of sp³-hybridized carbons (Fsp3) is 0.0769. The fourth-order valence-electron chi connectivity index (χ4n) is 3.39. The van der Waals surface area contributed by atoms with Gasteiger partial charge < -0.3 is 10.1 Å². The van der Waals surface area contributed by atoms with Crippen LogP contribution in [-0.4, -0.2) is 30.4 Å². The number of imide groups is 2. The normalized spacial score (nSPS) is 14.6. The van der Waals surface area contributed by atoms with Crippen molar-refractivity contribution < 1.29 is 23.9 Å². The zero-order valence-electron chi connectivity index (χ0n) is 18.9. The van der Waals surface area contributed by atoms with E-state index in [0.29, 0.717) is 15.7 Å². The van der Waals surface area contributed by atoms with Gasteiger partial charge >= 0.3 is 6.03 Å². The molecule has 2 N–H and O–H groups in total. The number of rotatable bonds is 6. The van der Waals surface area contributed by atoms with E-state index >= 15 is 0 Å². The van der Waals surface area contributed by atoms with Gasteiger partial charge in [0.15, 0.2) is 6.61 Å². The Balaban J connectivity index is 1.60. The molecule has 0 aromatic heterocycles. The Hall–Kier alpha value is -4.14. The number of nitrogens with zero attached hydrogens (tertiary/aromatic N) is 1. The molecule has 0 unspecified atom stereocenters. The molecule has 0 spiro atoms. The lowest BCUT2D eigenvalue weighted by Gasteiger charge is -2.26. The first-order chi connectivity index (χ1) is 17.2. The minimum Gasteiger partial charge on any atom is -0.483 e. The van der Waals surface area contributed by atoms with Gasteiger partial charge in [0.05, 0.1) is 5.69 Å². The molecule has 8 nitrogen and oxygen atoms in total. The second-order valence-electron chi connectivity index (χ2n) is 7.78. The van der Waals surface area contributed by atoms with Gasteiger partial charge in [-0.15, -0.1) is 0 Å². The number of halogens is 2. The Bertz CT molecular complexity index is 1410. The molecule has 1 fully saturated rings. The summed E-state index contributed by atoms with van der Waals surface area (Å²) < 4.78 is 5.64. The van der Waals surface area contributed by atoms with Crippen molar-refractivity contribution in [2.45, 2.75) is 6.92 Å². The van der Waals surface area contributed by atoms with Crippen LogP contribution >= 0.6 is 23.2 Å². The number of anilines is 2. The third kappa shape index (κ3) is 5.56. The molecule has 1 heterocycles. The first-order valence-electron chi connectivity index (χ1n) is 10.7. The Labute approximate surface area is 216 Å². The Morgan fingerprint density at radius 3 is 2.50 bits per heavy atom. The lowest BCUT2D eigenvalue weighted by Crippen LogP contribution is -2.54. The Morgan fingerprint density at radius 2 is 1.78 bits per heavy atom. The van der Waals surface area contributed by atoms with Crippen LogP contribution in [0.25, 0.3) is 6.08 Å². The zero-order valence-corrected chi connectivity index (χ0v) is 20.4. The van der Waals surface area contributed by atoms with Crippen LogP contribution in [0.5, 0.6) is 5.75 Å². The second kappa shape index (κ2) is 10.6. The number of aryl methyl sites for hydroxylation is 1. The van der Waals surface area contributed by atoms with E-state index < -0.39 is 23.8 Å². The molecule has 36 heavy (non-hydrogen) atoms. The monoisotopic (exact) mass is 523 g/mol. The van der Waals surface area contributed by atoms with Gasteiger partial charge in [-0.3, -0.25) is 19.7 Å². The molecule has 182 valence electrons. The minimum atomic E-state index is -0.901. The number of para-hydroxylation sites is 1. The molecule has 4 rings (SSSR count). The van der Waals surface area contributed by atoms with E-state index in [-0.39, 0.29) is 29.2 Å². The molecule has 0 bridgehead atoms. The summed E-state index contributed by atoms with van der Waals surface area (Å²) in [5, 5.41) is 5.52. The van der Waals surface area contributed by atoms with Crippen LogP contribution in [0.4, 0.5) is 16.2 Å². The second-order valence-corrected chi connectivity index (χ2v) is 8.62. The van der Waals surface area contributed by atoms with Gasteiger partial charge in [0.25, 0.3) is 17.7 Å². The van der Waals surface area contributed by atoms with Crippen LogP contribution in [-0.2, 0) is 14.4 Å². The average molecular weight is 524 g/mol. The fourth-order valence-corrected chi connectivity index (χ4v) is 3.75. The first-order valence-corrected chi connectivity index (χ1v) is 11.4. The Morgan fingerprint density at radius 1 is 1.03 bits per heavy atom. The summed E-state index contributed by atoms with van der Waals surface area (Å²) >= 11 is 12.3. The van der Waals surface area contributed by atoms with Gasteiger partial charge in [-0.25, -0.2) is 9.69 Å². The summed E-state index contributed by atoms with van der Waals surface area (Å²) in [4.78, 5) is 51.4. The van der Waals surface area contributed by atoms with Gasteiger partial charge in [0.2, 0.25) is 0 Å². The minimum absolute atomic E-state index is 0.201. The Kier molecular flexibility index (Phi) is 7.38. The number of barbiturate groups is 1. The maximum atomic E-state index is 13.2. The van der Waals surface area contributed by atoms with Gasteiger partial charge in [0.1, 0.15) is 11.3 Å². The lowest BCUT2D eigenvalue weighted by molar-refractivity contribution is -0.122. The molecule has 1 aliphatic rings. The molecule has 0 aliphatic carbocycles. The number of amides is 5. The molecule has 5 amide bonds. The number of nitrogens with one attached hydrogen (secondary N) is 2. The maximum absolute atomic E-state index is 13.2. The highest BCUT2D eigenvalue weighted by Gasteiger charge is 2.37. The van der Waals surface area contributed by atoms with Crippen LogP contribution in [0, 0.1) is 6.92 Å². The summed E-state index contributed by atoms with van der Waals surface area (Å²) in [7, 11) is 0. The maximum Gasteiger partial charge on any atom is 0.335 e. The van der Waals surface area contributed by atoms with Crippen molar-refractivity contribution in [2.75, 3.05) is 16.8 Å². The first kappa shape index (κ1) is 25.0. The molecule has 0 radical (unpaired) electrons. The van der Waals surface area contributed by atoms with Crippen LogP contribution in [0.3, 0.4) is 0 Å². The SMILES string of the molecule is Cc1ccc(N2C(=O)NC(=O)/C(=C\c3cc(Cl)ccc3OCC(=O)Nc3ccccc3)C2=O)cc1Cl. The van der Waals surface area contributed by atoms with E-state index in [0.717, 1.165) is 10.5 Å². The van der Waals surface area contributed by atoms with Gasteiger partial charge in [0, 0.05) is 21.3 Å². The van der Waals surface area contributed by atoms with Crippen molar-refractivity contribution in [3.8, 4) is 5.75 Å². The van der Waals surface area contributed by atoms with Crippen molar-refractivity contribution >= 4 is 64.4 Å². The molecular formula is C26H19Cl2N3O5. The van der Waals surface area contributed by atoms with E-state index in [9.17, 15) is 19.2 Å². The van der Waals surface area contributed by atoms with E-state index in [1.54, 1.807) is 49.4 Å². The summed E-state index contributed by atoms with van der Waals surface area (Å²) in [6, 6.07) is 17.1. The number of ether oxygens (including phenoxy) is 1. The lowest BCUT2D eigenvalue weighted by atomic mass is 10.1. The smallest absolute Gasteiger partial charge is 0.335 e. The van der Waals surface area contributed by atoms with E-state index in [1.165, 1.54) is 24.3 Å². The topological polar surface area (TPSA) is 105 Å². The van der Waals surface area contributed by atoms with E-state index in [4.69, 9.17) is 27.9 Å². The van der Waals surface area contributed by atoms with Crippen molar-refractivity contribution in [2.24, 2.45) is 0 Å². The predicted molar refractivity (Wildman–Crippen MR) is 137 cm³/mol. The molecule has 0 atom stereocenters.